The molecule has 0 bridgehead atoms. The van der Waals surface area contributed by atoms with E-state index < -0.39 is 0 Å². The third-order valence-electron chi connectivity index (χ3n) is 6.33. The molecule has 0 N–H and O–H groups in total. The third-order valence-corrected chi connectivity index (χ3v) is 6.33. The van der Waals surface area contributed by atoms with Gasteiger partial charge in [0.25, 0.3) is 0 Å². The maximum atomic E-state index is 13.4. The average molecular weight is 425 g/mol. The standard InChI is InChI=1S/C27H28N4O/c1-21-28-25-14-8-9-15-26(25)30(21)24-16-18-29(19-17-24)20-27(32)31(22-10-4-2-5-11-22)23-12-6-3-7-13-23/h2-15,24H,16-20H2,1H3. The van der Waals surface area contributed by atoms with Gasteiger partial charge in [-0.1, -0.05) is 48.5 Å². The van der Waals surface area contributed by atoms with Gasteiger partial charge >= 0.3 is 0 Å². The number of benzene rings is 3. The number of carbonyl (C=O) groups excluding carboxylic acids is 1. The molecule has 0 spiro atoms. The maximum Gasteiger partial charge on any atom is 0.245 e. The fourth-order valence-corrected chi connectivity index (χ4v) is 4.81. The van der Waals surface area contributed by atoms with Crippen molar-refractivity contribution in [1.29, 1.82) is 0 Å². The molecule has 0 aliphatic carbocycles. The van der Waals surface area contributed by atoms with E-state index in [0.717, 1.165) is 48.6 Å². The number of anilines is 2. The van der Waals surface area contributed by atoms with Gasteiger partial charge in [-0.05, 0) is 56.2 Å². The molecule has 1 saturated heterocycles. The summed E-state index contributed by atoms with van der Waals surface area (Å²) < 4.78 is 2.38. The number of rotatable bonds is 5. The highest BCUT2D eigenvalue weighted by atomic mass is 16.2. The van der Waals surface area contributed by atoms with Crippen LogP contribution in [0.2, 0.25) is 0 Å². The summed E-state index contributed by atoms with van der Waals surface area (Å²) >= 11 is 0. The van der Waals surface area contributed by atoms with Crippen LogP contribution in [-0.2, 0) is 4.79 Å². The minimum atomic E-state index is 0.102. The Hall–Kier alpha value is -3.44. The zero-order valence-corrected chi connectivity index (χ0v) is 18.4. The summed E-state index contributed by atoms with van der Waals surface area (Å²) in [5, 5.41) is 0. The van der Waals surface area contributed by atoms with Gasteiger partial charge in [-0.25, -0.2) is 4.98 Å². The zero-order chi connectivity index (χ0) is 21.9. The van der Waals surface area contributed by atoms with E-state index in [1.54, 1.807) is 0 Å². The molecule has 1 amide bonds. The number of piperidine rings is 1. The van der Waals surface area contributed by atoms with Crippen molar-refractivity contribution in [2.45, 2.75) is 25.8 Å². The summed E-state index contributed by atoms with van der Waals surface area (Å²) in [5.74, 6) is 1.17. The van der Waals surface area contributed by atoms with Crippen LogP contribution in [0.5, 0.6) is 0 Å². The van der Waals surface area contributed by atoms with Crippen LogP contribution in [-0.4, -0.2) is 40.0 Å². The molecule has 5 nitrogen and oxygen atoms in total. The number of carbonyl (C=O) groups is 1. The van der Waals surface area contributed by atoms with Crippen LogP contribution in [0.1, 0.15) is 24.7 Å². The van der Waals surface area contributed by atoms with Gasteiger partial charge in [0.2, 0.25) is 5.91 Å². The lowest BCUT2D eigenvalue weighted by atomic mass is 10.0. The molecule has 32 heavy (non-hydrogen) atoms. The fourth-order valence-electron chi connectivity index (χ4n) is 4.81. The predicted molar refractivity (Wildman–Crippen MR) is 129 cm³/mol. The maximum absolute atomic E-state index is 13.4. The van der Waals surface area contributed by atoms with Crippen molar-refractivity contribution in [3.8, 4) is 0 Å². The highest BCUT2D eigenvalue weighted by molar-refractivity contribution is 6.01. The number of fused-ring (bicyclic) bond motifs is 1. The van der Waals surface area contributed by atoms with Gasteiger partial charge in [-0.2, -0.15) is 0 Å². The van der Waals surface area contributed by atoms with Gasteiger partial charge in [-0.3, -0.25) is 14.6 Å². The summed E-state index contributed by atoms with van der Waals surface area (Å²) in [6.45, 7) is 4.31. The van der Waals surface area contributed by atoms with Crippen LogP contribution in [0, 0.1) is 6.92 Å². The van der Waals surface area contributed by atoms with Crippen molar-refractivity contribution < 1.29 is 4.79 Å². The summed E-state index contributed by atoms with van der Waals surface area (Å²) in [6.07, 6.45) is 2.04. The van der Waals surface area contributed by atoms with Crippen molar-refractivity contribution in [3.63, 3.8) is 0 Å². The quantitative estimate of drug-likeness (QED) is 0.434. The SMILES string of the molecule is Cc1nc2ccccc2n1C1CCN(CC(=O)N(c2ccccc2)c2ccccc2)CC1. The van der Waals surface area contributed by atoms with Gasteiger partial charge in [0.05, 0.1) is 17.6 Å². The fraction of sp³-hybridized carbons (Fsp3) is 0.259. The Kier molecular flexibility index (Phi) is 5.73. The molecule has 0 unspecified atom stereocenters. The van der Waals surface area contributed by atoms with E-state index in [9.17, 15) is 4.79 Å². The molecular weight excluding hydrogens is 396 g/mol. The van der Waals surface area contributed by atoms with Crippen LogP contribution in [0.25, 0.3) is 11.0 Å². The van der Waals surface area contributed by atoms with Gasteiger partial charge in [0.1, 0.15) is 5.82 Å². The lowest BCUT2D eigenvalue weighted by molar-refractivity contribution is -0.119. The molecule has 1 fully saturated rings. The molecule has 0 atom stereocenters. The summed E-state index contributed by atoms with van der Waals surface area (Å²) in [4.78, 5) is 22.3. The topological polar surface area (TPSA) is 41.4 Å². The highest BCUT2D eigenvalue weighted by Gasteiger charge is 2.26. The number of hydrogen-bond acceptors (Lipinski definition) is 3. The third kappa shape index (κ3) is 4.04. The molecule has 1 aliphatic rings. The van der Waals surface area contributed by atoms with Crippen molar-refractivity contribution >= 4 is 28.3 Å². The molecule has 1 aromatic heterocycles. The number of nitrogens with zero attached hydrogens (tertiary/aromatic N) is 4. The molecule has 2 heterocycles. The van der Waals surface area contributed by atoms with Crippen LogP contribution in [0.4, 0.5) is 11.4 Å². The summed E-state index contributed by atoms with van der Waals surface area (Å²) in [5.41, 5.74) is 4.07. The Morgan fingerprint density at radius 2 is 1.44 bits per heavy atom. The largest absolute Gasteiger partial charge is 0.325 e. The number of likely N-dealkylation sites (tertiary alicyclic amines) is 1. The first-order valence-electron chi connectivity index (χ1n) is 11.3. The Bertz CT molecular complexity index is 1150. The van der Waals surface area contributed by atoms with Crippen molar-refractivity contribution in [2.75, 3.05) is 24.5 Å². The molecule has 0 radical (unpaired) electrons. The molecule has 162 valence electrons. The molecule has 4 aromatic rings. The summed E-state index contributed by atoms with van der Waals surface area (Å²) in [6, 6.07) is 28.6. The predicted octanol–water partition coefficient (Wildman–Crippen LogP) is 5.35. The first-order valence-corrected chi connectivity index (χ1v) is 11.3. The monoisotopic (exact) mass is 424 g/mol. The van der Waals surface area contributed by atoms with E-state index in [1.807, 2.05) is 71.6 Å². The van der Waals surface area contributed by atoms with Crippen LogP contribution in [0.15, 0.2) is 84.9 Å². The van der Waals surface area contributed by atoms with Crippen LogP contribution in [0.3, 0.4) is 0 Å². The lowest BCUT2D eigenvalue weighted by Crippen LogP contribution is -2.42. The number of hydrogen-bond donors (Lipinski definition) is 0. The summed E-state index contributed by atoms with van der Waals surface area (Å²) in [7, 11) is 0. The smallest absolute Gasteiger partial charge is 0.245 e. The van der Waals surface area contributed by atoms with Crippen molar-refractivity contribution in [3.05, 3.63) is 90.8 Å². The first kappa shape index (κ1) is 20.5. The molecule has 0 saturated carbocycles. The second-order valence-electron chi connectivity index (χ2n) is 8.43. The van der Waals surface area contributed by atoms with Gasteiger partial charge in [0, 0.05) is 30.5 Å². The van der Waals surface area contributed by atoms with E-state index in [-0.39, 0.29) is 5.91 Å². The van der Waals surface area contributed by atoms with Crippen molar-refractivity contribution in [1.82, 2.24) is 14.5 Å². The Balaban J connectivity index is 1.30. The highest BCUT2D eigenvalue weighted by Crippen LogP contribution is 2.30. The average Bonchev–Trinajstić information content (AvgIpc) is 3.17. The number of amides is 1. The van der Waals surface area contributed by atoms with Crippen LogP contribution >= 0.6 is 0 Å². The molecule has 5 rings (SSSR count). The van der Waals surface area contributed by atoms with Crippen LogP contribution < -0.4 is 4.90 Å². The number of aromatic nitrogens is 2. The molecule has 5 heteroatoms. The number of para-hydroxylation sites is 4. The minimum absolute atomic E-state index is 0.102. The van der Waals surface area contributed by atoms with E-state index >= 15 is 0 Å². The normalized spacial score (nSPS) is 15.2. The Labute approximate surface area is 188 Å². The molecule has 1 aliphatic heterocycles. The second-order valence-corrected chi connectivity index (χ2v) is 8.43. The molecule has 3 aromatic carbocycles. The Morgan fingerprint density at radius 1 is 0.875 bits per heavy atom. The van der Waals surface area contributed by atoms with Gasteiger partial charge < -0.3 is 4.57 Å². The second kappa shape index (κ2) is 8.97. The van der Waals surface area contributed by atoms with E-state index in [1.165, 1.54) is 5.52 Å². The first-order chi connectivity index (χ1) is 15.7. The van der Waals surface area contributed by atoms with Gasteiger partial charge in [-0.15, -0.1) is 0 Å². The Morgan fingerprint density at radius 3 is 2.06 bits per heavy atom. The zero-order valence-electron chi connectivity index (χ0n) is 18.4. The number of imidazole rings is 1. The molecular formula is C27H28N4O. The van der Waals surface area contributed by atoms with Gasteiger partial charge in [0.15, 0.2) is 0 Å². The van der Waals surface area contributed by atoms with E-state index in [2.05, 4.69) is 34.6 Å². The van der Waals surface area contributed by atoms with E-state index in [0.29, 0.717) is 12.6 Å². The minimum Gasteiger partial charge on any atom is -0.325 e. The van der Waals surface area contributed by atoms with E-state index in [4.69, 9.17) is 4.98 Å². The number of aryl methyl sites for hydroxylation is 1. The lowest BCUT2D eigenvalue weighted by Gasteiger charge is -2.34. The van der Waals surface area contributed by atoms with Crippen molar-refractivity contribution in [2.24, 2.45) is 0 Å².